The van der Waals surface area contributed by atoms with Crippen molar-refractivity contribution in [3.8, 4) is 5.75 Å². The second kappa shape index (κ2) is 12.6. The number of ether oxygens (including phenoxy) is 1. The minimum Gasteiger partial charge on any atom is -0.494 e. The first-order chi connectivity index (χ1) is 16.1. The topological polar surface area (TPSA) is 96.0 Å². The van der Waals surface area contributed by atoms with E-state index in [1.165, 1.54) is 4.90 Å². The third-order valence-corrected chi connectivity index (χ3v) is 6.49. The molecule has 2 amide bonds. The van der Waals surface area contributed by atoms with E-state index in [-0.39, 0.29) is 12.5 Å². The molecular formula is C24H32ClN3O5S. The van der Waals surface area contributed by atoms with E-state index in [1.54, 1.807) is 55.5 Å². The van der Waals surface area contributed by atoms with Gasteiger partial charge in [-0.1, -0.05) is 30.7 Å². The summed E-state index contributed by atoms with van der Waals surface area (Å²) in [5, 5.41) is 3.35. The molecule has 0 aromatic heterocycles. The molecule has 0 unspecified atom stereocenters. The van der Waals surface area contributed by atoms with Gasteiger partial charge in [-0.05, 0) is 62.2 Å². The maximum atomic E-state index is 13.4. The standard InChI is InChI=1S/C24H32ClN3O5S/c1-5-15-26-24(30)18(3)27(16-19-7-9-20(25)10-8-19)23(29)17-28(34(4,31)32)21-11-13-22(14-12-21)33-6-2/h7-14,18H,5-6,15-17H2,1-4H3,(H,26,30)/t18-/m1/s1. The highest BCUT2D eigenvalue weighted by molar-refractivity contribution is 7.92. The number of sulfonamides is 1. The number of anilines is 1. The number of halogens is 1. The summed E-state index contributed by atoms with van der Waals surface area (Å²) < 4.78 is 31.6. The maximum Gasteiger partial charge on any atom is 0.244 e. The van der Waals surface area contributed by atoms with Gasteiger partial charge in [0.1, 0.15) is 18.3 Å². The number of carbonyl (C=O) groups is 2. The van der Waals surface area contributed by atoms with Crippen LogP contribution in [0.15, 0.2) is 48.5 Å². The van der Waals surface area contributed by atoms with Crippen LogP contribution in [0.25, 0.3) is 0 Å². The fourth-order valence-electron chi connectivity index (χ4n) is 3.25. The van der Waals surface area contributed by atoms with E-state index in [1.807, 2.05) is 13.8 Å². The van der Waals surface area contributed by atoms with Crippen LogP contribution < -0.4 is 14.4 Å². The van der Waals surface area contributed by atoms with Crippen LogP contribution in [0.3, 0.4) is 0 Å². The summed E-state index contributed by atoms with van der Waals surface area (Å²) in [6.07, 6.45) is 1.79. The molecule has 2 aromatic carbocycles. The third kappa shape index (κ3) is 7.92. The average Bonchev–Trinajstić information content (AvgIpc) is 2.80. The Hall–Kier alpha value is -2.78. The van der Waals surface area contributed by atoms with Gasteiger partial charge in [0.15, 0.2) is 0 Å². The highest BCUT2D eigenvalue weighted by Gasteiger charge is 2.30. The van der Waals surface area contributed by atoms with Crippen molar-refractivity contribution in [1.82, 2.24) is 10.2 Å². The van der Waals surface area contributed by atoms with E-state index >= 15 is 0 Å². The number of nitrogens with zero attached hydrogens (tertiary/aromatic N) is 2. The zero-order chi connectivity index (χ0) is 25.3. The van der Waals surface area contributed by atoms with Crippen molar-refractivity contribution in [2.45, 2.75) is 39.8 Å². The van der Waals surface area contributed by atoms with Crippen molar-refractivity contribution in [2.75, 3.05) is 30.3 Å². The van der Waals surface area contributed by atoms with Crippen LogP contribution in [0.5, 0.6) is 5.75 Å². The van der Waals surface area contributed by atoms with Gasteiger partial charge in [0, 0.05) is 18.1 Å². The van der Waals surface area contributed by atoms with Crippen LogP contribution in [0.2, 0.25) is 5.02 Å². The van der Waals surface area contributed by atoms with Gasteiger partial charge < -0.3 is 15.0 Å². The molecule has 186 valence electrons. The Morgan fingerprint density at radius 3 is 2.21 bits per heavy atom. The first kappa shape index (κ1) is 27.5. The van der Waals surface area contributed by atoms with E-state index in [9.17, 15) is 18.0 Å². The van der Waals surface area contributed by atoms with Gasteiger partial charge in [-0.3, -0.25) is 13.9 Å². The summed E-state index contributed by atoms with van der Waals surface area (Å²) in [6.45, 7) is 6.04. The van der Waals surface area contributed by atoms with Crippen molar-refractivity contribution in [3.05, 3.63) is 59.1 Å². The highest BCUT2D eigenvalue weighted by Crippen LogP contribution is 2.22. The lowest BCUT2D eigenvalue weighted by atomic mass is 10.1. The molecule has 0 spiro atoms. The van der Waals surface area contributed by atoms with Gasteiger partial charge in [0.05, 0.1) is 18.6 Å². The summed E-state index contributed by atoms with van der Waals surface area (Å²) in [4.78, 5) is 27.5. The molecule has 1 atom stereocenters. The van der Waals surface area contributed by atoms with E-state index < -0.39 is 28.5 Å². The fourth-order valence-corrected chi connectivity index (χ4v) is 4.23. The number of hydrogen-bond acceptors (Lipinski definition) is 5. The number of benzene rings is 2. The van der Waals surface area contributed by atoms with Crippen molar-refractivity contribution < 1.29 is 22.7 Å². The lowest BCUT2D eigenvalue weighted by molar-refractivity contribution is -0.139. The van der Waals surface area contributed by atoms with Crippen LogP contribution in [0, 0.1) is 0 Å². The summed E-state index contributed by atoms with van der Waals surface area (Å²) in [6, 6.07) is 12.6. The van der Waals surface area contributed by atoms with Crippen LogP contribution in [-0.2, 0) is 26.2 Å². The molecule has 0 fully saturated rings. The van der Waals surface area contributed by atoms with Crippen LogP contribution >= 0.6 is 11.6 Å². The van der Waals surface area contributed by atoms with E-state index in [4.69, 9.17) is 16.3 Å². The average molecular weight is 510 g/mol. The Morgan fingerprint density at radius 1 is 1.06 bits per heavy atom. The predicted molar refractivity (Wildman–Crippen MR) is 135 cm³/mol. The molecule has 0 heterocycles. The number of nitrogens with one attached hydrogen (secondary N) is 1. The molecule has 0 radical (unpaired) electrons. The van der Waals surface area contributed by atoms with Crippen LogP contribution in [0.1, 0.15) is 32.8 Å². The summed E-state index contributed by atoms with van der Waals surface area (Å²) in [5.74, 6) is -0.221. The van der Waals surface area contributed by atoms with Gasteiger partial charge in [0.25, 0.3) is 0 Å². The minimum absolute atomic E-state index is 0.123. The highest BCUT2D eigenvalue weighted by atomic mass is 35.5. The van der Waals surface area contributed by atoms with Gasteiger partial charge in [0.2, 0.25) is 21.8 Å². The molecule has 1 N–H and O–H groups in total. The van der Waals surface area contributed by atoms with E-state index in [0.717, 1.165) is 22.5 Å². The molecule has 0 saturated heterocycles. The molecule has 2 rings (SSSR count). The molecule has 10 heteroatoms. The zero-order valence-electron chi connectivity index (χ0n) is 20.0. The maximum absolute atomic E-state index is 13.4. The van der Waals surface area contributed by atoms with E-state index in [0.29, 0.717) is 29.6 Å². The molecular weight excluding hydrogens is 478 g/mol. The van der Waals surface area contributed by atoms with Gasteiger partial charge in [-0.2, -0.15) is 0 Å². The number of amides is 2. The Kier molecular flexibility index (Phi) is 10.2. The first-order valence-electron chi connectivity index (χ1n) is 11.1. The monoisotopic (exact) mass is 509 g/mol. The second-order valence-corrected chi connectivity index (χ2v) is 10.2. The lowest BCUT2D eigenvalue weighted by Crippen LogP contribution is -2.51. The summed E-state index contributed by atoms with van der Waals surface area (Å²) >= 11 is 5.97. The van der Waals surface area contributed by atoms with Crippen molar-refractivity contribution in [1.29, 1.82) is 0 Å². The van der Waals surface area contributed by atoms with Crippen molar-refractivity contribution in [2.24, 2.45) is 0 Å². The number of carbonyl (C=O) groups excluding carboxylic acids is 2. The summed E-state index contributed by atoms with van der Waals surface area (Å²) in [5.41, 5.74) is 1.09. The molecule has 0 bridgehead atoms. The third-order valence-electron chi connectivity index (χ3n) is 5.10. The quantitative estimate of drug-likeness (QED) is 0.472. The van der Waals surface area contributed by atoms with Gasteiger partial charge >= 0.3 is 0 Å². The number of rotatable bonds is 12. The van der Waals surface area contributed by atoms with Crippen LogP contribution in [-0.4, -0.2) is 57.1 Å². The molecule has 2 aromatic rings. The second-order valence-electron chi connectivity index (χ2n) is 7.81. The van der Waals surface area contributed by atoms with Crippen LogP contribution in [0.4, 0.5) is 5.69 Å². The summed E-state index contributed by atoms with van der Waals surface area (Å²) in [7, 11) is -3.78. The lowest BCUT2D eigenvalue weighted by Gasteiger charge is -2.31. The first-order valence-corrected chi connectivity index (χ1v) is 13.3. The Balaban J connectivity index is 2.33. The molecule has 34 heavy (non-hydrogen) atoms. The number of hydrogen-bond donors (Lipinski definition) is 1. The minimum atomic E-state index is -3.78. The molecule has 0 saturated carbocycles. The molecule has 0 aliphatic heterocycles. The van der Waals surface area contributed by atoms with Crippen molar-refractivity contribution in [3.63, 3.8) is 0 Å². The Morgan fingerprint density at radius 2 is 1.68 bits per heavy atom. The normalized spacial score (nSPS) is 12.0. The Labute approximate surface area is 206 Å². The SMILES string of the molecule is CCCNC(=O)[C@@H](C)N(Cc1ccc(Cl)cc1)C(=O)CN(c1ccc(OCC)cc1)S(C)(=O)=O. The largest absolute Gasteiger partial charge is 0.494 e. The van der Waals surface area contributed by atoms with E-state index in [2.05, 4.69) is 5.32 Å². The molecule has 0 aliphatic rings. The van der Waals surface area contributed by atoms with Gasteiger partial charge in [-0.25, -0.2) is 8.42 Å². The van der Waals surface area contributed by atoms with Gasteiger partial charge in [-0.15, -0.1) is 0 Å². The fraction of sp³-hybridized carbons (Fsp3) is 0.417. The smallest absolute Gasteiger partial charge is 0.244 e. The zero-order valence-corrected chi connectivity index (χ0v) is 21.5. The van der Waals surface area contributed by atoms with Crippen molar-refractivity contribution >= 4 is 39.1 Å². The molecule has 8 nitrogen and oxygen atoms in total. The Bertz CT molecular complexity index is 1060. The molecule has 0 aliphatic carbocycles. The predicted octanol–water partition coefficient (Wildman–Crippen LogP) is 3.45.